The summed E-state index contributed by atoms with van der Waals surface area (Å²) in [5.41, 5.74) is 2.60. The van der Waals surface area contributed by atoms with Gasteiger partial charge in [0.25, 0.3) is 5.91 Å². The predicted octanol–water partition coefficient (Wildman–Crippen LogP) is 3.46. The van der Waals surface area contributed by atoms with Crippen molar-refractivity contribution in [1.82, 2.24) is 14.9 Å². The lowest BCUT2D eigenvalue weighted by Gasteiger charge is -2.20. The van der Waals surface area contributed by atoms with Gasteiger partial charge in [-0.25, -0.2) is 9.37 Å². The molecular formula is C21H22FN3O2. The van der Waals surface area contributed by atoms with Gasteiger partial charge in [-0.2, -0.15) is 0 Å². The third-order valence-electron chi connectivity index (χ3n) is 4.49. The van der Waals surface area contributed by atoms with Gasteiger partial charge in [0.05, 0.1) is 0 Å². The van der Waals surface area contributed by atoms with E-state index in [1.54, 1.807) is 42.2 Å². The van der Waals surface area contributed by atoms with E-state index in [2.05, 4.69) is 10.3 Å². The second-order valence-corrected chi connectivity index (χ2v) is 6.45. The number of hydrogen-bond donors (Lipinski definition) is 1. The van der Waals surface area contributed by atoms with Crippen LogP contribution in [0.3, 0.4) is 0 Å². The van der Waals surface area contributed by atoms with Crippen LogP contribution >= 0.6 is 0 Å². The van der Waals surface area contributed by atoms with E-state index < -0.39 is 11.9 Å². The van der Waals surface area contributed by atoms with E-state index in [0.29, 0.717) is 17.1 Å². The molecule has 0 bridgehead atoms. The standard InChI is InChI=1S/C21H22FN3O2/c1-14-8-9-16(12-15(14)2)27-13-19(26)24-20(21-23-10-11-25(21)3)17-6-4-5-7-18(17)22/h4-12,20H,13H2,1-3H3,(H,24,26)/t20-/m0/s1. The molecule has 1 aromatic heterocycles. The molecule has 0 saturated carbocycles. The van der Waals surface area contributed by atoms with Crippen molar-refractivity contribution in [3.8, 4) is 5.75 Å². The Morgan fingerprint density at radius 2 is 2.00 bits per heavy atom. The van der Waals surface area contributed by atoms with Crippen molar-refractivity contribution in [2.24, 2.45) is 7.05 Å². The quantitative estimate of drug-likeness (QED) is 0.726. The monoisotopic (exact) mass is 367 g/mol. The van der Waals surface area contributed by atoms with Crippen molar-refractivity contribution in [2.75, 3.05) is 6.61 Å². The molecule has 1 amide bonds. The molecule has 0 aliphatic rings. The number of nitrogens with one attached hydrogen (secondary N) is 1. The Morgan fingerprint density at radius 1 is 1.22 bits per heavy atom. The number of aryl methyl sites for hydroxylation is 3. The van der Waals surface area contributed by atoms with Crippen LogP contribution < -0.4 is 10.1 Å². The number of rotatable bonds is 6. The molecule has 1 atom stereocenters. The number of carbonyl (C=O) groups excluding carboxylic acids is 1. The van der Waals surface area contributed by atoms with E-state index in [1.165, 1.54) is 6.07 Å². The molecule has 0 fully saturated rings. The molecule has 0 saturated heterocycles. The van der Waals surface area contributed by atoms with Crippen LogP contribution in [0.2, 0.25) is 0 Å². The highest BCUT2D eigenvalue weighted by Crippen LogP contribution is 2.23. The van der Waals surface area contributed by atoms with E-state index in [-0.39, 0.29) is 12.5 Å². The van der Waals surface area contributed by atoms with Crippen molar-refractivity contribution in [1.29, 1.82) is 0 Å². The highest BCUT2D eigenvalue weighted by molar-refractivity contribution is 5.78. The summed E-state index contributed by atoms with van der Waals surface area (Å²) in [5.74, 6) is 0.401. The van der Waals surface area contributed by atoms with Crippen molar-refractivity contribution in [2.45, 2.75) is 19.9 Å². The summed E-state index contributed by atoms with van der Waals surface area (Å²) in [6.45, 7) is 3.83. The Balaban J connectivity index is 1.76. The Bertz CT molecular complexity index is 952. The second-order valence-electron chi connectivity index (χ2n) is 6.45. The Kier molecular flexibility index (Phi) is 5.54. The number of benzene rings is 2. The Hall–Kier alpha value is -3.15. The minimum atomic E-state index is -0.706. The summed E-state index contributed by atoms with van der Waals surface area (Å²) < 4.78 is 21.7. The maximum Gasteiger partial charge on any atom is 0.258 e. The number of nitrogens with zero attached hydrogens (tertiary/aromatic N) is 2. The first kappa shape index (κ1) is 18.6. The van der Waals surface area contributed by atoms with Crippen LogP contribution in [-0.4, -0.2) is 22.1 Å². The number of amides is 1. The number of carbonyl (C=O) groups is 1. The summed E-state index contributed by atoms with van der Waals surface area (Å²) >= 11 is 0. The van der Waals surface area contributed by atoms with Gasteiger partial charge >= 0.3 is 0 Å². The molecule has 5 nitrogen and oxygen atoms in total. The maximum absolute atomic E-state index is 14.3. The van der Waals surface area contributed by atoms with Crippen LogP contribution in [0, 0.1) is 19.7 Å². The normalized spacial score (nSPS) is 11.9. The smallest absolute Gasteiger partial charge is 0.258 e. The van der Waals surface area contributed by atoms with Gasteiger partial charge in [0.2, 0.25) is 0 Å². The van der Waals surface area contributed by atoms with Crippen molar-refractivity contribution in [3.63, 3.8) is 0 Å². The SMILES string of the molecule is Cc1ccc(OCC(=O)N[C@@H](c2ccccc2F)c2nccn2C)cc1C. The third kappa shape index (κ3) is 4.34. The number of hydrogen-bond acceptors (Lipinski definition) is 3. The van der Waals surface area contributed by atoms with Crippen LogP contribution in [0.15, 0.2) is 54.9 Å². The summed E-state index contributed by atoms with van der Waals surface area (Å²) in [6, 6.07) is 11.3. The molecule has 0 radical (unpaired) electrons. The number of halogens is 1. The molecule has 0 unspecified atom stereocenters. The molecule has 27 heavy (non-hydrogen) atoms. The minimum Gasteiger partial charge on any atom is -0.484 e. The van der Waals surface area contributed by atoms with Gasteiger partial charge in [0.1, 0.15) is 23.4 Å². The van der Waals surface area contributed by atoms with Gasteiger partial charge in [-0.3, -0.25) is 4.79 Å². The molecular weight excluding hydrogens is 345 g/mol. The van der Waals surface area contributed by atoms with Gasteiger partial charge in [-0.15, -0.1) is 0 Å². The maximum atomic E-state index is 14.3. The summed E-state index contributed by atoms with van der Waals surface area (Å²) in [6.07, 6.45) is 3.36. The minimum absolute atomic E-state index is 0.169. The fourth-order valence-electron chi connectivity index (χ4n) is 2.80. The molecule has 2 aromatic carbocycles. The molecule has 3 aromatic rings. The molecule has 0 aliphatic carbocycles. The first-order valence-corrected chi connectivity index (χ1v) is 8.67. The molecule has 1 N–H and O–H groups in total. The summed E-state index contributed by atoms with van der Waals surface area (Å²) in [4.78, 5) is 16.7. The van der Waals surface area contributed by atoms with Crippen molar-refractivity contribution >= 4 is 5.91 Å². The molecule has 6 heteroatoms. The van der Waals surface area contributed by atoms with Crippen LogP contribution in [-0.2, 0) is 11.8 Å². The van der Waals surface area contributed by atoms with E-state index in [1.807, 2.05) is 32.0 Å². The van der Waals surface area contributed by atoms with E-state index in [9.17, 15) is 9.18 Å². The van der Waals surface area contributed by atoms with Crippen LogP contribution in [0.1, 0.15) is 28.6 Å². The zero-order chi connectivity index (χ0) is 19.4. The fourth-order valence-corrected chi connectivity index (χ4v) is 2.80. The first-order valence-electron chi connectivity index (χ1n) is 8.67. The van der Waals surface area contributed by atoms with Crippen molar-refractivity contribution < 1.29 is 13.9 Å². The van der Waals surface area contributed by atoms with Gasteiger partial charge in [0.15, 0.2) is 6.61 Å². The summed E-state index contributed by atoms with van der Waals surface area (Å²) in [5, 5.41) is 2.83. The zero-order valence-electron chi connectivity index (χ0n) is 15.6. The topological polar surface area (TPSA) is 56.1 Å². The Morgan fingerprint density at radius 3 is 2.67 bits per heavy atom. The number of aromatic nitrogens is 2. The Labute approximate surface area is 157 Å². The van der Waals surface area contributed by atoms with Crippen LogP contribution in [0.4, 0.5) is 4.39 Å². The third-order valence-corrected chi connectivity index (χ3v) is 4.49. The van der Waals surface area contributed by atoms with Crippen molar-refractivity contribution in [3.05, 3.63) is 83.2 Å². The van der Waals surface area contributed by atoms with E-state index in [0.717, 1.165) is 11.1 Å². The van der Waals surface area contributed by atoms with Crippen LogP contribution in [0.5, 0.6) is 5.75 Å². The highest BCUT2D eigenvalue weighted by Gasteiger charge is 2.23. The first-order chi connectivity index (χ1) is 13.0. The molecule has 3 rings (SSSR count). The predicted molar refractivity (Wildman–Crippen MR) is 101 cm³/mol. The lowest BCUT2D eigenvalue weighted by molar-refractivity contribution is -0.123. The van der Waals surface area contributed by atoms with Gasteiger partial charge < -0.3 is 14.6 Å². The molecule has 140 valence electrons. The van der Waals surface area contributed by atoms with E-state index >= 15 is 0 Å². The van der Waals surface area contributed by atoms with Gasteiger partial charge in [-0.1, -0.05) is 24.3 Å². The van der Waals surface area contributed by atoms with Gasteiger partial charge in [-0.05, 0) is 43.2 Å². The molecule has 0 aliphatic heterocycles. The lowest BCUT2D eigenvalue weighted by Crippen LogP contribution is -2.35. The zero-order valence-corrected chi connectivity index (χ0v) is 15.6. The molecule has 0 spiro atoms. The molecule has 1 heterocycles. The lowest BCUT2D eigenvalue weighted by atomic mass is 10.1. The average molecular weight is 367 g/mol. The van der Waals surface area contributed by atoms with Gasteiger partial charge in [0, 0.05) is 25.0 Å². The fraction of sp³-hybridized carbons (Fsp3) is 0.238. The van der Waals surface area contributed by atoms with E-state index in [4.69, 9.17) is 4.74 Å². The number of imidazole rings is 1. The average Bonchev–Trinajstić information content (AvgIpc) is 3.07. The highest BCUT2D eigenvalue weighted by atomic mass is 19.1. The van der Waals surface area contributed by atoms with Crippen LogP contribution in [0.25, 0.3) is 0 Å². The summed E-state index contributed by atoms with van der Waals surface area (Å²) in [7, 11) is 1.80. The largest absolute Gasteiger partial charge is 0.484 e. The number of ether oxygens (including phenoxy) is 1. The second kappa shape index (κ2) is 8.03.